The van der Waals surface area contributed by atoms with Crippen LogP contribution in [0.25, 0.3) is 0 Å². The largest absolute Gasteiger partial charge is 0.356 e. The van der Waals surface area contributed by atoms with Crippen LogP contribution in [0.2, 0.25) is 5.15 Å². The van der Waals surface area contributed by atoms with Gasteiger partial charge in [0.1, 0.15) is 34.7 Å². The molecule has 1 N–H and O–H groups in total. The molecule has 0 aliphatic carbocycles. The zero-order valence-electron chi connectivity index (χ0n) is 21.6. The number of piperidine rings is 2. The fraction of sp³-hybridized carbons (Fsp3) is 0.500. The van der Waals surface area contributed by atoms with E-state index in [1.807, 2.05) is 12.1 Å². The Hall–Kier alpha value is -3.33. The van der Waals surface area contributed by atoms with Crippen LogP contribution in [0.1, 0.15) is 63.5 Å². The Morgan fingerprint density at radius 3 is 2.11 bits per heavy atom. The quantitative estimate of drug-likeness (QED) is 0.559. The Balaban J connectivity index is 0.000000214. The summed E-state index contributed by atoms with van der Waals surface area (Å²) in [7, 11) is 0. The standard InChI is InChI=1S/C14H17N3O.C8H15NO.C6H3ClN2/c1-11(18)7-12-3-2-6-17(10-12)14-5-4-13(8-15)9-16-14;1-7(10)5-8-3-2-4-9-6-8;7-6-2-1-5(3-8)4-9-6/h4-5,9,12H,2-3,6-7,10H2,1H3;8-9H,2-6H2,1H3;1-2,4H. The van der Waals surface area contributed by atoms with Gasteiger partial charge in [-0.25, -0.2) is 9.97 Å². The molecule has 2 aliphatic heterocycles. The summed E-state index contributed by atoms with van der Waals surface area (Å²) in [5, 5.41) is 20.7. The first-order valence-corrected chi connectivity index (χ1v) is 13.0. The van der Waals surface area contributed by atoms with Gasteiger partial charge in [-0.15, -0.1) is 0 Å². The lowest BCUT2D eigenvalue weighted by Crippen LogP contribution is -2.36. The van der Waals surface area contributed by atoms with Crippen molar-refractivity contribution < 1.29 is 9.59 Å². The van der Waals surface area contributed by atoms with E-state index < -0.39 is 0 Å². The van der Waals surface area contributed by atoms with Crippen LogP contribution in [-0.2, 0) is 9.59 Å². The van der Waals surface area contributed by atoms with Gasteiger partial charge >= 0.3 is 0 Å². The summed E-state index contributed by atoms with van der Waals surface area (Å²) in [6.07, 6.45) is 9.14. The van der Waals surface area contributed by atoms with Crippen LogP contribution in [0.4, 0.5) is 5.82 Å². The van der Waals surface area contributed by atoms with Gasteiger partial charge < -0.3 is 19.8 Å². The Kier molecular flexibility index (Phi) is 13.3. The molecule has 2 aliphatic rings. The van der Waals surface area contributed by atoms with E-state index in [0.29, 0.717) is 40.3 Å². The van der Waals surface area contributed by atoms with E-state index >= 15 is 0 Å². The molecule has 0 saturated carbocycles. The number of carbonyl (C=O) groups excluding carboxylic acids is 2. The predicted molar refractivity (Wildman–Crippen MR) is 144 cm³/mol. The number of rotatable bonds is 5. The molecule has 8 nitrogen and oxygen atoms in total. The van der Waals surface area contributed by atoms with Crippen molar-refractivity contribution >= 4 is 29.0 Å². The van der Waals surface area contributed by atoms with E-state index in [1.54, 1.807) is 38.2 Å². The van der Waals surface area contributed by atoms with Crippen molar-refractivity contribution in [1.82, 2.24) is 15.3 Å². The second-order valence-corrected chi connectivity index (χ2v) is 9.86. The summed E-state index contributed by atoms with van der Waals surface area (Å²) >= 11 is 5.45. The monoisotopic (exact) mass is 522 g/mol. The summed E-state index contributed by atoms with van der Waals surface area (Å²) in [4.78, 5) is 32.1. The summed E-state index contributed by atoms with van der Waals surface area (Å²) in [5.41, 5.74) is 1.11. The van der Waals surface area contributed by atoms with E-state index in [4.69, 9.17) is 22.1 Å². The molecule has 0 bridgehead atoms. The normalized spacial score (nSPS) is 18.6. The Morgan fingerprint density at radius 2 is 1.59 bits per heavy atom. The fourth-order valence-corrected chi connectivity index (χ4v) is 4.54. The molecule has 196 valence electrons. The summed E-state index contributed by atoms with van der Waals surface area (Å²) < 4.78 is 0. The number of Topliss-reactive ketones (excluding diaryl/α,β-unsaturated/α-hetero) is 2. The minimum atomic E-state index is 0.259. The van der Waals surface area contributed by atoms with Crippen LogP contribution in [0.5, 0.6) is 0 Å². The van der Waals surface area contributed by atoms with Crippen molar-refractivity contribution in [2.24, 2.45) is 11.8 Å². The molecule has 9 heteroatoms. The van der Waals surface area contributed by atoms with Crippen LogP contribution in [0, 0.1) is 34.5 Å². The molecule has 0 radical (unpaired) electrons. The van der Waals surface area contributed by atoms with Gasteiger partial charge in [0.15, 0.2) is 0 Å². The molecule has 2 aromatic rings. The molecule has 4 rings (SSSR count). The van der Waals surface area contributed by atoms with E-state index in [-0.39, 0.29) is 5.78 Å². The minimum Gasteiger partial charge on any atom is -0.356 e. The molecule has 4 heterocycles. The van der Waals surface area contributed by atoms with Crippen molar-refractivity contribution in [2.45, 2.75) is 52.4 Å². The van der Waals surface area contributed by atoms with E-state index in [2.05, 4.69) is 26.3 Å². The van der Waals surface area contributed by atoms with Gasteiger partial charge in [-0.3, -0.25) is 0 Å². The number of nitriles is 2. The topological polar surface area (TPSA) is 123 Å². The van der Waals surface area contributed by atoms with Gasteiger partial charge in [0.2, 0.25) is 0 Å². The third-order valence-electron chi connectivity index (χ3n) is 6.13. The van der Waals surface area contributed by atoms with Gasteiger partial charge in [-0.05, 0) is 88.7 Å². The molecule has 0 spiro atoms. The number of pyridine rings is 2. The summed E-state index contributed by atoms with van der Waals surface area (Å²) in [6.45, 7) is 7.37. The highest BCUT2D eigenvalue weighted by atomic mass is 35.5. The average molecular weight is 523 g/mol. The van der Waals surface area contributed by atoms with Gasteiger partial charge in [-0.2, -0.15) is 10.5 Å². The lowest BCUT2D eigenvalue weighted by molar-refractivity contribution is -0.118. The summed E-state index contributed by atoms with van der Waals surface area (Å²) in [6, 6.07) is 10.9. The number of anilines is 1. The first kappa shape index (κ1) is 29.9. The second-order valence-electron chi connectivity index (χ2n) is 9.48. The van der Waals surface area contributed by atoms with Gasteiger partial charge in [-0.1, -0.05) is 11.6 Å². The van der Waals surface area contributed by atoms with E-state index in [1.165, 1.54) is 19.0 Å². The smallest absolute Gasteiger partial charge is 0.130 e. The Morgan fingerprint density at radius 1 is 0.973 bits per heavy atom. The molecule has 2 fully saturated rings. The zero-order valence-corrected chi connectivity index (χ0v) is 22.4. The van der Waals surface area contributed by atoms with Crippen molar-refractivity contribution in [3.8, 4) is 12.1 Å². The van der Waals surface area contributed by atoms with Crippen LogP contribution in [-0.4, -0.2) is 47.7 Å². The van der Waals surface area contributed by atoms with Crippen LogP contribution in [0.3, 0.4) is 0 Å². The summed E-state index contributed by atoms with van der Waals surface area (Å²) in [5.74, 6) is 2.55. The molecule has 2 saturated heterocycles. The zero-order chi connectivity index (χ0) is 27.0. The highest BCUT2D eigenvalue weighted by Gasteiger charge is 2.21. The highest BCUT2D eigenvalue weighted by Crippen LogP contribution is 2.24. The maximum atomic E-state index is 11.2. The first-order chi connectivity index (χ1) is 17.8. The maximum absolute atomic E-state index is 11.2. The maximum Gasteiger partial charge on any atom is 0.130 e. The van der Waals surface area contributed by atoms with Crippen molar-refractivity contribution in [3.05, 3.63) is 52.9 Å². The predicted octanol–water partition coefficient (Wildman–Crippen LogP) is 4.72. The highest BCUT2D eigenvalue weighted by molar-refractivity contribution is 6.29. The molecular weight excluding hydrogens is 488 g/mol. The lowest BCUT2D eigenvalue weighted by Gasteiger charge is -2.33. The number of nitrogens with zero attached hydrogens (tertiary/aromatic N) is 5. The average Bonchev–Trinajstić information content (AvgIpc) is 2.90. The number of aromatic nitrogens is 2. The second kappa shape index (κ2) is 16.4. The van der Waals surface area contributed by atoms with Crippen molar-refractivity contribution in [2.75, 3.05) is 31.1 Å². The van der Waals surface area contributed by atoms with Gasteiger partial charge in [0, 0.05) is 38.3 Å². The third kappa shape index (κ3) is 12.0. The molecule has 0 amide bonds. The van der Waals surface area contributed by atoms with E-state index in [9.17, 15) is 9.59 Å². The third-order valence-corrected chi connectivity index (χ3v) is 6.35. The minimum absolute atomic E-state index is 0.259. The fourth-order valence-electron chi connectivity index (χ4n) is 4.43. The number of nitrogens with one attached hydrogen (secondary N) is 1. The molecule has 2 aromatic heterocycles. The van der Waals surface area contributed by atoms with Gasteiger partial charge in [0.25, 0.3) is 0 Å². The van der Waals surface area contributed by atoms with Crippen LogP contribution in [0.15, 0.2) is 36.7 Å². The van der Waals surface area contributed by atoms with Gasteiger partial charge in [0.05, 0.1) is 11.1 Å². The number of hydrogen-bond acceptors (Lipinski definition) is 8. The number of hydrogen-bond donors (Lipinski definition) is 1. The lowest BCUT2D eigenvalue weighted by atomic mass is 9.93. The number of carbonyl (C=O) groups is 2. The number of ketones is 2. The van der Waals surface area contributed by atoms with Crippen molar-refractivity contribution in [3.63, 3.8) is 0 Å². The molecule has 2 atom stereocenters. The molecule has 0 aromatic carbocycles. The Bertz CT molecular complexity index is 1070. The molecule has 2 unspecified atom stereocenters. The Labute approximate surface area is 224 Å². The van der Waals surface area contributed by atoms with Crippen molar-refractivity contribution in [1.29, 1.82) is 10.5 Å². The SMILES string of the molecule is CC(=O)CC1CCCN(c2ccc(C#N)cn2)C1.CC(=O)CC1CCCNC1.N#Cc1ccc(Cl)nc1. The van der Waals surface area contributed by atoms with E-state index in [0.717, 1.165) is 51.3 Å². The number of halogens is 1. The molecular formula is C28H35ClN6O2. The first-order valence-electron chi connectivity index (χ1n) is 12.6. The van der Waals surface area contributed by atoms with Crippen LogP contribution >= 0.6 is 11.6 Å². The molecule has 37 heavy (non-hydrogen) atoms. The van der Waals surface area contributed by atoms with Crippen LogP contribution < -0.4 is 10.2 Å².